The molecule has 1 aromatic heterocycles. The second-order valence-electron chi connectivity index (χ2n) is 8.85. The highest BCUT2D eigenvalue weighted by Crippen LogP contribution is 2.45. The molecule has 2 atom stereocenters. The first kappa shape index (κ1) is 25.3. The maximum Gasteiger partial charge on any atom is 0.356 e. The molecule has 2 heterocycles. The molecule has 0 bridgehead atoms. The molecule has 3 rings (SSSR count). The molecule has 6 nitrogen and oxygen atoms in total. The van der Waals surface area contributed by atoms with Crippen LogP contribution in [0.3, 0.4) is 0 Å². The molecular formula is C26H32N2O4S. The minimum atomic E-state index is -1.31. The number of benzene rings is 1. The second-order valence-corrected chi connectivity index (χ2v) is 11.0. The van der Waals surface area contributed by atoms with Crippen molar-refractivity contribution in [2.24, 2.45) is 0 Å². The Labute approximate surface area is 199 Å². The van der Waals surface area contributed by atoms with E-state index in [2.05, 4.69) is 11.8 Å². The molecule has 1 N–H and O–H groups in total. The minimum absolute atomic E-state index is 0.0525. The van der Waals surface area contributed by atoms with Crippen LogP contribution in [-0.4, -0.2) is 42.9 Å². The molecule has 1 aromatic carbocycles. The molecule has 1 aliphatic rings. The summed E-state index contributed by atoms with van der Waals surface area (Å²) in [6.45, 7) is 10.2. The summed E-state index contributed by atoms with van der Waals surface area (Å²) in [7, 11) is 0. The third-order valence-electron chi connectivity index (χ3n) is 5.32. The molecular weight excluding hydrogens is 436 g/mol. The Morgan fingerprint density at radius 3 is 2.73 bits per heavy atom. The zero-order valence-electron chi connectivity index (χ0n) is 20.0. The van der Waals surface area contributed by atoms with Crippen LogP contribution in [0, 0.1) is 11.8 Å². The summed E-state index contributed by atoms with van der Waals surface area (Å²) >= 11 is -1.31. The van der Waals surface area contributed by atoms with Crippen molar-refractivity contribution >= 4 is 17.3 Å². The molecule has 0 aliphatic carbocycles. The summed E-state index contributed by atoms with van der Waals surface area (Å²) in [5, 5.41) is 9.83. The van der Waals surface area contributed by atoms with Gasteiger partial charge < -0.3 is 14.4 Å². The van der Waals surface area contributed by atoms with Crippen molar-refractivity contribution in [2.75, 3.05) is 13.2 Å². The molecule has 7 heteroatoms. The summed E-state index contributed by atoms with van der Waals surface area (Å²) in [6.07, 6.45) is 1.17. The van der Waals surface area contributed by atoms with Crippen molar-refractivity contribution in [3.8, 4) is 23.1 Å². The molecule has 176 valence electrons. The van der Waals surface area contributed by atoms with Crippen molar-refractivity contribution in [2.45, 2.75) is 64.8 Å². The Balaban J connectivity index is 2.21. The van der Waals surface area contributed by atoms with Gasteiger partial charge in [-0.2, -0.15) is 0 Å². The largest absolute Gasteiger partial charge is 0.597 e. The lowest BCUT2D eigenvalue weighted by molar-refractivity contribution is 0.0519. The van der Waals surface area contributed by atoms with E-state index in [1.807, 2.05) is 56.3 Å². The second kappa shape index (κ2) is 10.7. The van der Waals surface area contributed by atoms with E-state index < -0.39 is 22.1 Å². The van der Waals surface area contributed by atoms with Crippen LogP contribution in [0.25, 0.3) is 11.3 Å². The van der Waals surface area contributed by atoms with Gasteiger partial charge in [-0.3, -0.25) is 0 Å². The summed E-state index contributed by atoms with van der Waals surface area (Å²) in [5.41, 5.74) is 4.33. The van der Waals surface area contributed by atoms with Gasteiger partial charge in [0.05, 0.1) is 24.9 Å². The minimum Gasteiger partial charge on any atom is -0.597 e. The first-order chi connectivity index (χ1) is 15.7. The van der Waals surface area contributed by atoms with Crippen molar-refractivity contribution in [1.29, 1.82) is 0 Å². The lowest BCUT2D eigenvalue weighted by Crippen LogP contribution is -2.42. The maximum absolute atomic E-state index is 13.4. The van der Waals surface area contributed by atoms with E-state index in [1.54, 1.807) is 13.0 Å². The lowest BCUT2D eigenvalue weighted by Gasteiger charge is -2.33. The Morgan fingerprint density at radius 1 is 1.33 bits per heavy atom. The average molecular weight is 469 g/mol. The number of aromatic nitrogens is 1. The third kappa shape index (κ3) is 5.59. The van der Waals surface area contributed by atoms with Crippen LogP contribution in [0.5, 0.6) is 0 Å². The van der Waals surface area contributed by atoms with Gasteiger partial charge in [-0.1, -0.05) is 30.9 Å². The van der Waals surface area contributed by atoms with Gasteiger partial charge in [-0.05, 0) is 57.9 Å². The fourth-order valence-electron chi connectivity index (χ4n) is 3.93. The van der Waals surface area contributed by atoms with E-state index >= 15 is 0 Å². The fraction of sp³-hybridized carbons (Fsp3) is 0.462. The highest BCUT2D eigenvalue weighted by atomic mass is 32.2. The van der Waals surface area contributed by atoms with E-state index in [0.717, 1.165) is 28.7 Å². The van der Waals surface area contributed by atoms with Gasteiger partial charge in [-0.15, -0.1) is 4.31 Å². The van der Waals surface area contributed by atoms with E-state index in [0.29, 0.717) is 18.7 Å². The monoisotopic (exact) mass is 468 g/mol. The Bertz CT molecular complexity index is 1070. The standard InChI is InChI=1S/C26H32N2O4S/c1-6-8-10-18-11-9-12-19(15-18)24-23-20(16-21(27-24)25(30)32-7-2)17-28(22(23)13-14-29)33(31)26(3,4)5/h9,11-12,15-16,22,29H,6-7,13-14,17H2,1-5H3/t22-,33?/m1/s1. The molecule has 0 amide bonds. The average Bonchev–Trinajstić information content (AvgIpc) is 3.14. The molecule has 0 saturated heterocycles. The van der Waals surface area contributed by atoms with Gasteiger partial charge in [0.2, 0.25) is 0 Å². The Hall–Kier alpha value is -2.37. The summed E-state index contributed by atoms with van der Waals surface area (Å²) in [4.78, 5) is 17.3. The number of rotatable bonds is 6. The number of hydrogen-bond donors (Lipinski definition) is 1. The van der Waals surface area contributed by atoms with E-state index in [-0.39, 0.29) is 24.9 Å². The topological polar surface area (TPSA) is 85.7 Å². The van der Waals surface area contributed by atoms with Gasteiger partial charge in [0.1, 0.15) is 10.4 Å². The van der Waals surface area contributed by atoms with Gasteiger partial charge in [0, 0.05) is 41.1 Å². The predicted molar refractivity (Wildman–Crippen MR) is 131 cm³/mol. The first-order valence-corrected chi connectivity index (χ1v) is 12.4. The smallest absolute Gasteiger partial charge is 0.356 e. The van der Waals surface area contributed by atoms with Crippen molar-refractivity contribution in [3.63, 3.8) is 0 Å². The number of esters is 1. The number of aliphatic hydroxyl groups is 1. The predicted octanol–water partition coefficient (Wildman–Crippen LogP) is 4.39. The van der Waals surface area contributed by atoms with Gasteiger partial charge in [0.15, 0.2) is 0 Å². The Kier molecular flexibility index (Phi) is 8.19. The molecule has 1 aliphatic heterocycles. The fourth-order valence-corrected chi connectivity index (χ4v) is 5.34. The zero-order chi connectivity index (χ0) is 24.2. The number of aliphatic hydroxyl groups excluding tert-OH is 1. The van der Waals surface area contributed by atoms with Gasteiger partial charge >= 0.3 is 5.97 Å². The van der Waals surface area contributed by atoms with Crippen LogP contribution in [-0.2, 0) is 22.6 Å². The number of carbonyl (C=O) groups is 1. The number of nitrogens with zero attached hydrogens (tertiary/aromatic N) is 2. The number of fused-ring (bicyclic) bond motifs is 1. The number of hydrogen-bond acceptors (Lipinski definition) is 6. The van der Waals surface area contributed by atoms with Crippen molar-refractivity contribution in [1.82, 2.24) is 9.29 Å². The summed E-state index contributed by atoms with van der Waals surface area (Å²) < 4.78 is 20.0. The number of pyridine rings is 1. The molecule has 0 saturated carbocycles. The Morgan fingerprint density at radius 2 is 2.09 bits per heavy atom. The quantitative estimate of drug-likeness (QED) is 0.385. The van der Waals surface area contributed by atoms with Crippen LogP contribution in [0.4, 0.5) is 0 Å². The highest BCUT2D eigenvalue weighted by molar-refractivity contribution is 7.90. The molecule has 33 heavy (non-hydrogen) atoms. The molecule has 1 unspecified atom stereocenters. The van der Waals surface area contributed by atoms with Crippen LogP contribution in [0.2, 0.25) is 0 Å². The van der Waals surface area contributed by atoms with Crippen LogP contribution >= 0.6 is 0 Å². The summed E-state index contributed by atoms with van der Waals surface area (Å²) in [6, 6.07) is 9.21. The summed E-state index contributed by atoms with van der Waals surface area (Å²) in [5.74, 6) is 5.74. The van der Waals surface area contributed by atoms with Gasteiger partial charge in [-0.25, -0.2) is 9.78 Å². The number of ether oxygens (including phenoxy) is 1. The molecule has 0 radical (unpaired) electrons. The normalized spacial score (nSPS) is 16.6. The van der Waals surface area contributed by atoms with E-state index in [9.17, 15) is 14.5 Å². The van der Waals surface area contributed by atoms with Crippen LogP contribution in [0.15, 0.2) is 30.3 Å². The van der Waals surface area contributed by atoms with Gasteiger partial charge in [0.25, 0.3) is 0 Å². The molecule has 0 fully saturated rings. The van der Waals surface area contributed by atoms with E-state index in [1.165, 1.54) is 0 Å². The molecule has 0 spiro atoms. The first-order valence-electron chi connectivity index (χ1n) is 11.3. The van der Waals surface area contributed by atoms with Crippen LogP contribution < -0.4 is 0 Å². The van der Waals surface area contributed by atoms with Crippen molar-refractivity contribution in [3.05, 3.63) is 52.7 Å². The third-order valence-corrected chi connectivity index (χ3v) is 7.18. The molecule has 2 aromatic rings. The number of carbonyl (C=O) groups excluding carboxylic acids is 1. The highest BCUT2D eigenvalue weighted by Gasteiger charge is 2.44. The SMILES string of the molecule is CCC#Cc1cccc(-c2nc(C(=O)OCC)cc3c2[C@@H](CCO)N([S+]([O-])C(C)(C)C)C3)c1. The lowest BCUT2D eigenvalue weighted by atomic mass is 9.95. The zero-order valence-corrected chi connectivity index (χ0v) is 20.8. The van der Waals surface area contributed by atoms with Crippen LogP contribution in [0.1, 0.15) is 80.7 Å². The maximum atomic E-state index is 13.4. The van der Waals surface area contributed by atoms with Crippen molar-refractivity contribution < 1.29 is 19.2 Å². The van der Waals surface area contributed by atoms with E-state index in [4.69, 9.17) is 9.72 Å².